The maximum Gasteiger partial charge on any atom is 0.253 e. The molecule has 3 rings (SSSR count). The Bertz CT molecular complexity index is 891. The molecule has 9 heteroatoms. The SMILES string of the molecule is CN(C1CCCCC1)S(=O)(=O)c1cccc(C(=O)N2CCS(=O)(=O)CC2)c1. The molecule has 0 aromatic heterocycles. The third-order valence-electron chi connectivity index (χ3n) is 5.48. The second-order valence-corrected chi connectivity index (χ2v) is 11.6. The number of hydrogen-bond donors (Lipinski definition) is 0. The minimum Gasteiger partial charge on any atom is -0.337 e. The lowest BCUT2D eigenvalue weighted by Crippen LogP contribution is -2.43. The molecular formula is C18H26N2O5S2. The largest absolute Gasteiger partial charge is 0.337 e. The van der Waals surface area contributed by atoms with Crippen molar-refractivity contribution in [2.24, 2.45) is 0 Å². The number of rotatable bonds is 4. The normalized spacial score (nSPS) is 21.3. The van der Waals surface area contributed by atoms with Crippen LogP contribution >= 0.6 is 0 Å². The summed E-state index contributed by atoms with van der Waals surface area (Å²) in [4.78, 5) is 14.3. The van der Waals surface area contributed by atoms with Gasteiger partial charge in [0.1, 0.15) is 0 Å². The quantitative estimate of drug-likeness (QED) is 0.745. The Morgan fingerprint density at radius 3 is 2.37 bits per heavy atom. The van der Waals surface area contributed by atoms with Gasteiger partial charge in [-0.05, 0) is 31.0 Å². The summed E-state index contributed by atoms with van der Waals surface area (Å²) in [5, 5.41) is 0. The molecule has 0 radical (unpaired) electrons. The molecule has 1 aliphatic heterocycles. The summed E-state index contributed by atoms with van der Waals surface area (Å²) in [6.07, 6.45) is 4.91. The summed E-state index contributed by atoms with van der Waals surface area (Å²) >= 11 is 0. The van der Waals surface area contributed by atoms with Crippen molar-refractivity contribution >= 4 is 25.8 Å². The highest BCUT2D eigenvalue weighted by molar-refractivity contribution is 7.91. The first kappa shape index (κ1) is 20.3. The number of benzene rings is 1. The summed E-state index contributed by atoms with van der Waals surface area (Å²) < 4.78 is 50.5. The van der Waals surface area contributed by atoms with Crippen molar-refractivity contribution in [3.05, 3.63) is 29.8 Å². The number of carbonyl (C=O) groups excluding carboxylic acids is 1. The first-order valence-electron chi connectivity index (χ1n) is 9.28. The Morgan fingerprint density at radius 2 is 1.74 bits per heavy atom. The third kappa shape index (κ3) is 4.52. The average molecular weight is 415 g/mol. The average Bonchev–Trinajstić information content (AvgIpc) is 2.67. The maximum absolute atomic E-state index is 13.0. The highest BCUT2D eigenvalue weighted by Crippen LogP contribution is 2.27. The van der Waals surface area contributed by atoms with Gasteiger partial charge >= 0.3 is 0 Å². The second kappa shape index (κ2) is 7.89. The molecule has 0 unspecified atom stereocenters. The van der Waals surface area contributed by atoms with E-state index >= 15 is 0 Å². The van der Waals surface area contributed by atoms with Gasteiger partial charge in [-0.2, -0.15) is 4.31 Å². The molecule has 0 spiro atoms. The monoisotopic (exact) mass is 414 g/mol. The molecule has 1 aromatic rings. The van der Waals surface area contributed by atoms with Gasteiger partial charge < -0.3 is 4.90 Å². The van der Waals surface area contributed by atoms with Crippen molar-refractivity contribution in [1.29, 1.82) is 0 Å². The topological polar surface area (TPSA) is 91.8 Å². The van der Waals surface area contributed by atoms with Crippen LogP contribution in [0.1, 0.15) is 42.5 Å². The van der Waals surface area contributed by atoms with E-state index in [1.165, 1.54) is 21.3 Å². The van der Waals surface area contributed by atoms with Crippen molar-refractivity contribution in [2.45, 2.75) is 43.0 Å². The Balaban J connectivity index is 1.79. The second-order valence-electron chi connectivity index (χ2n) is 7.28. The lowest BCUT2D eigenvalue weighted by atomic mass is 9.96. The molecule has 2 aliphatic rings. The van der Waals surface area contributed by atoms with Gasteiger partial charge in [-0.1, -0.05) is 25.3 Å². The van der Waals surface area contributed by atoms with Crippen LogP contribution in [0.2, 0.25) is 0 Å². The van der Waals surface area contributed by atoms with Gasteiger partial charge in [0.15, 0.2) is 9.84 Å². The van der Waals surface area contributed by atoms with Crippen molar-refractivity contribution in [2.75, 3.05) is 31.6 Å². The van der Waals surface area contributed by atoms with E-state index in [1.54, 1.807) is 19.2 Å². The van der Waals surface area contributed by atoms with Crippen LogP contribution in [-0.4, -0.2) is 69.6 Å². The van der Waals surface area contributed by atoms with E-state index in [-0.39, 0.29) is 47.0 Å². The molecule has 1 aliphatic carbocycles. The van der Waals surface area contributed by atoms with Gasteiger partial charge in [-0.15, -0.1) is 0 Å². The molecule has 0 N–H and O–H groups in total. The van der Waals surface area contributed by atoms with E-state index in [2.05, 4.69) is 0 Å². The van der Waals surface area contributed by atoms with Crippen molar-refractivity contribution in [3.8, 4) is 0 Å². The third-order valence-corrected chi connectivity index (χ3v) is 8.99. The minimum atomic E-state index is -3.68. The van der Waals surface area contributed by atoms with E-state index < -0.39 is 19.9 Å². The lowest BCUT2D eigenvalue weighted by Gasteiger charge is -2.30. The number of sulfonamides is 1. The summed E-state index contributed by atoms with van der Waals surface area (Å²) in [6.45, 7) is 0.278. The molecule has 1 saturated carbocycles. The maximum atomic E-state index is 13.0. The molecule has 0 atom stereocenters. The molecule has 0 bridgehead atoms. The molecule has 1 aromatic carbocycles. The summed E-state index contributed by atoms with van der Waals surface area (Å²) in [7, 11) is -5.15. The fraction of sp³-hybridized carbons (Fsp3) is 0.611. The van der Waals surface area contributed by atoms with Crippen LogP contribution in [-0.2, 0) is 19.9 Å². The molecule has 1 heterocycles. The number of carbonyl (C=O) groups is 1. The van der Waals surface area contributed by atoms with Gasteiger partial charge in [0.2, 0.25) is 10.0 Å². The molecular weight excluding hydrogens is 388 g/mol. The first-order chi connectivity index (χ1) is 12.7. The predicted molar refractivity (Wildman–Crippen MR) is 103 cm³/mol. The predicted octanol–water partition coefficient (Wildman–Crippen LogP) is 1.51. The van der Waals surface area contributed by atoms with Crippen LogP contribution in [0, 0.1) is 0 Å². The molecule has 7 nitrogen and oxygen atoms in total. The van der Waals surface area contributed by atoms with E-state index in [4.69, 9.17) is 0 Å². The molecule has 1 saturated heterocycles. The molecule has 150 valence electrons. The Kier molecular flexibility index (Phi) is 5.93. The summed E-state index contributed by atoms with van der Waals surface area (Å²) in [5.74, 6) is -0.440. The minimum absolute atomic E-state index is 0.00425. The van der Waals surface area contributed by atoms with Crippen LogP contribution in [0.5, 0.6) is 0 Å². The Morgan fingerprint density at radius 1 is 1.11 bits per heavy atom. The van der Waals surface area contributed by atoms with Crippen LogP contribution in [0.4, 0.5) is 0 Å². The number of sulfone groups is 1. The van der Waals surface area contributed by atoms with E-state index in [9.17, 15) is 21.6 Å². The van der Waals surface area contributed by atoms with Crippen molar-refractivity contribution in [3.63, 3.8) is 0 Å². The van der Waals surface area contributed by atoms with Gasteiger partial charge in [-0.25, -0.2) is 16.8 Å². The van der Waals surface area contributed by atoms with Gasteiger partial charge in [0, 0.05) is 31.7 Å². The number of hydrogen-bond acceptors (Lipinski definition) is 5. The van der Waals surface area contributed by atoms with Crippen LogP contribution in [0.25, 0.3) is 0 Å². The van der Waals surface area contributed by atoms with Crippen LogP contribution < -0.4 is 0 Å². The van der Waals surface area contributed by atoms with E-state index in [1.807, 2.05) is 0 Å². The van der Waals surface area contributed by atoms with Gasteiger partial charge in [0.05, 0.1) is 16.4 Å². The number of nitrogens with zero attached hydrogens (tertiary/aromatic N) is 2. The molecule has 2 fully saturated rings. The lowest BCUT2D eigenvalue weighted by molar-refractivity contribution is 0.0770. The zero-order valence-corrected chi connectivity index (χ0v) is 17.1. The van der Waals surface area contributed by atoms with E-state index in [0.717, 1.165) is 32.1 Å². The summed E-state index contributed by atoms with van der Waals surface area (Å²) in [6, 6.07) is 6.04. The highest BCUT2D eigenvalue weighted by atomic mass is 32.2. The van der Waals surface area contributed by atoms with Gasteiger partial charge in [0.25, 0.3) is 5.91 Å². The fourth-order valence-corrected chi connectivity index (χ4v) is 6.36. The highest BCUT2D eigenvalue weighted by Gasteiger charge is 2.30. The fourth-order valence-electron chi connectivity index (χ4n) is 3.69. The molecule has 1 amide bonds. The number of amides is 1. The Labute approximate surface area is 161 Å². The van der Waals surface area contributed by atoms with Crippen molar-refractivity contribution < 1.29 is 21.6 Å². The van der Waals surface area contributed by atoms with Crippen LogP contribution in [0.15, 0.2) is 29.2 Å². The van der Waals surface area contributed by atoms with E-state index in [0.29, 0.717) is 0 Å². The first-order valence-corrected chi connectivity index (χ1v) is 12.5. The zero-order chi connectivity index (χ0) is 19.7. The molecule has 27 heavy (non-hydrogen) atoms. The van der Waals surface area contributed by atoms with Gasteiger partial charge in [-0.3, -0.25) is 4.79 Å². The zero-order valence-electron chi connectivity index (χ0n) is 15.5. The Hall–Kier alpha value is -1.45. The van der Waals surface area contributed by atoms with Crippen molar-refractivity contribution in [1.82, 2.24) is 9.21 Å². The smallest absolute Gasteiger partial charge is 0.253 e. The van der Waals surface area contributed by atoms with Crippen LogP contribution in [0.3, 0.4) is 0 Å². The summed E-state index contributed by atoms with van der Waals surface area (Å²) in [5.41, 5.74) is 0.271. The standard InChI is InChI=1S/C18H26N2O5S2/c1-19(16-7-3-2-4-8-16)27(24,25)17-9-5-6-15(14-17)18(21)20-10-12-26(22,23)13-11-20/h5-6,9,14,16H,2-4,7-8,10-13H2,1H3.